The molecule has 0 bridgehead atoms. The molecule has 5 heteroatoms. The van der Waals surface area contributed by atoms with Crippen LogP contribution < -0.4 is 5.90 Å². The Balaban J connectivity index is 2.43. The molecular formula is C9H19NO3S. The predicted molar refractivity (Wildman–Crippen MR) is 54.9 cm³/mol. The fourth-order valence-corrected chi connectivity index (χ4v) is 2.91. The Morgan fingerprint density at radius 1 is 1.29 bits per heavy atom. The van der Waals surface area contributed by atoms with Crippen LogP contribution in [0.4, 0.5) is 0 Å². The lowest BCUT2D eigenvalue weighted by atomic mass is 9.74. The highest BCUT2D eigenvalue weighted by Gasteiger charge is 2.28. The number of rotatable bonds is 4. The summed E-state index contributed by atoms with van der Waals surface area (Å²) in [5.41, 5.74) is 0.170. The maximum absolute atomic E-state index is 11.0. The van der Waals surface area contributed by atoms with Crippen molar-refractivity contribution in [2.45, 2.75) is 45.4 Å². The molecule has 0 saturated heterocycles. The van der Waals surface area contributed by atoms with Gasteiger partial charge >= 0.3 is 0 Å². The standard InChI is InChI=1S/C9H19NO3S/c1-9(5-3-2-4-6-9)7-8-14(11,12)13-10/h2-8,10H2,1H3. The second-order valence-electron chi connectivity index (χ2n) is 4.48. The first-order chi connectivity index (χ1) is 6.47. The van der Waals surface area contributed by atoms with E-state index in [1.807, 2.05) is 0 Å². The van der Waals surface area contributed by atoms with Gasteiger partial charge in [-0.3, -0.25) is 0 Å². The summed E-state index contributed by atoms with van der Waals surface area (Å²) in [6.07, 6.45) is 6.59. The summed E-state index contributed by atoms with van der Waals surface area (Å²) in [7, 11) is -3.48. The molecule has 0 aromatic heterocycles. The summed E-state index contributed by atoms with van der Waals surface area (Å²) in [4.78, 5) is 0. The van der Waals surface area contributed by atoms with Crippen LogP contribution in [0.5, 0.6) is 0 Å². The highest BCUT2D eigenvalue weighted by molar-refractivity contribution is 7.86. The van der Waals surface area contributed by atoms with Crippen LogP contribution >= 0.6 is 0 Å². The average Bonchev–Trinajstić information content (AvgIpc) is 2.17. The molecule has 1 aliphatic rings. The Morgan fingerprint density at radius 2 is 1.86 bits per heavy atom. The normalized spacial score (nSPS) is 22.1. The van der Waals surface area contributed by atoms with Gasteiger partial charge in [-0.05, 0) is 24.7 Å². The number of nitrogens with two attached hydrogens (primary N) is 1. The summed E-state index contributed by atoms with van der Waals surface area (Å²) in [6, 6.07) is 0. The van der Waals surface area contributed by atoms with Crippen LogP contribution in [0.3, 0.4) is 0 Å². The van der Waals surface area contributed by atoms with Gasteiger partial charge in [0.2, 0.25) is 0 Å². The molecule has 0 atom stereocenters. The van der Waals surface area contributed by atoms with Gasteiger partial charge in [-0.25, -0.2) is 0 Å². The van der Waals surface area contributed by atoms with E-state index in [0.717, 1.165) is 12.8 Å². The van der Waals surface area contributed by atoms with Gasteiger partial charge in [0.05, 0.1) is 5.75 Å². The summed E-state index contributed by atoms with van der Waals surface area (Å²) in [6.45, 7) is 2.15. The SMILES string of the molecule is CC1(CCS(=O)(=O)ON)CCCCC1. The van der Waals surface area contributed by atoms with E-state index in [0.29, 0.717) is 6.42 Å². The van der Waals surface area contributed by atoms with E-state index >= 15 is 0 Å². The lowest BCUT2D eigenvalue weighted by Crippen LogP contribution is -2.25. The number of hydrogen-bond donors (Lipinski definition) is 1. The van der Waals surface area contributed by atoms with E-state index in [1.165, 1.54) is 19.3 Å². The monoisotopic (exact) mass is 221 g/mol. The zero-order valence-electron chi connectivity index (χ0n) is 8.66. The Labute approximate surface area is 85.9 Å². The largest absolute Gasteiger partial charge is 0.283 e. The fourth-order valence-electron chi connectivity index (χ4n) is 2.07. The molecule has 84 valence electrons. The first kappa shape index (κ1) is 11.9. The fraction of sp³-hybridized carbons (Fsp3) is 1.00. The molecule has 1 aliphatic carbocycles. The topological polar surface area (TPSA) is 69.4 Å². The smallest absolute Gasteiger partial charge is 0.198 e. The highest BCUT2D eigenvalue weighted by Crippen LogP contribution is 2.38. The van der Waals surface area contributed by atoms with Gasteiger partial charge in [-0.1, -0.05) is 26.2 Å². The van der Waals surface area contributed by atoms with Crippen molar-refractivity contribution in [3.63, 3.8) is 0 Å². The van der Waals surface area contributed by atoms with Crippen LogP contribution in [0.1, 0.15) is 45.4 Å². The van der Waals surface area contributed by atoms with E-state index < -0.39 is 10.1 Å². The lowest BCUT2D eigenvalue weighted by Gasteiger charge is -2.33. The minimum Gasteiger partial charge on any atom is -0.198 e. The van der Waals surface area contributed by atoms with Gasteiger partial charge in [0.25, 0.3) is 10.1 Å². The zero-order valence-corrected chi connectivity index (χ0v) is 9.48. The van der Waals surface area contributed by atoms with E-state index in [2.05, 4.69) is 17.1 Å². The molecule has 1 saturated carbocycles. The maximum Gasteiger partial charge on any atom is 0.283 e. The van der Waals surface area contributed by atoms with E-state index in [-0.39, 0.29) is 11.2 Å². The molecule has 0 amide bonds. The van der Waals surface area contributed by atoms with Crippen LogP contribution in [0, 0.1) is 5.41 Å². The van der Waals surface area contributed by atoms with Crippen molar-refractivity contribution in [3.8, 4) is 0 Å². The van der Waals surface area contributed by atoms with Crippen LogP contribution in [0.15, 0.2) is 0 Å². The Kier molecular flexibility index (Phi) is 3.92. The van der Waals surface area contributed by atoms with Crippen LogP contribution in [0.2, 0.25) is 0 Å². The molecule has 0 aliphatic heterocycles. The summed E-state index contributed by atoms with van der Waals surface area (Å²) in [5.74, 6) is 4.72. The van der Waals surface area contributed by atoms with Crippen molar-refractivity contribution < 1.29 is 12.7 Å². The number of hydrogen-bond acceptors (Lipinski definition) is 4. The van der Waals surface area contributed by atoms with Gasteiger partial charge in [-0.15, -0.1) is 0 Å². The average molecular weight is 221 g/mol. The minimum absolute atomic E-state index is 0.0417. The minimum atomic E-state index is -3.48. The van der Waals surface area contributed by atoms with Gasteiger partial charge < -0.3 is 0 Å². The quantitative estimate of drug-likeness (QED) is 0.731. The van der Waals surface area contributed by atoms with E-state index in [4.69, 9.17) is 0 Å². The second kappa shape index (κ2) is 4.59. The zero-order chi connectivity index (χ0) is 10.7. The molecule has 1 fully saturated rings. The Hall–Kier alpha value is -0.130. The van der Waals surface area contributed by atoms with Crippen molar-refractivity contribution in [2.75, 3.05) is 5.75 Å². The van der Waals surface area contributed by atoms with Gasteiger partial charge in [0.1, 0.15) is 0 Å². The summed E-state index contributed by atoms with van der Waals surface area (Å²) >= 11 is 0. The molecule has 0 aromatic carbocycles. The van der Waals surface area contributed by atoms with Gasteiger partial charge in [0.15, 0.2) is 0 Å². The van der Waals surface area contributed by atoms with Crippen molar-refractivity contribution in [3.05, 3.63) is 0 Å². The highest BCUT2D eigenvalue weighted by atomic mass is 32.2. The Bertz CT molecular complexity index is 268. The van der Waals surface area contributed by atoms with Crippen LogP contribution in [-0.2, 0) is 14.4 Å². The van der Waals surface area contributed by atoms with Crippen LogP contribution in [0.25, 0.3) is 0 Å². The van der Waals surface area contributed by atoms with Crippen molar-refractivity contribution >= 4 is 10.1 Å². The molecule has 0 radical (unpaired) electrons. The molecule has 0 heterocycles. The van der Waals surface area contributed by atoms with Crippen molar-refractivity contribution in [1.29, 1.82) is 0 Å². The molecule has 14 heavy (non-hydrogen) atoms. The molecule has 0 aromatic rings. The third-order valence-electron chi connectivity index (χ3n) is 3.16. The predicted octanol–water partition coefficient (Wildman–Crippen LogP) is 1.57. The first-order valence-corrected chi connectivity index (χ1v) is 6.66. The van der Waals surface area contributed by atoms with Crippen molar-refractivity contribution in [2.24, 2.45) is 11.3 Å². The van der Waals surface area contributed by atoms with Gasteiger partial charge in [-0.2, -0.15) is 18.6 Å². The molecule has 2 N–H and O–H groups in total. The molecule has 0 unspecified atom stereocenters. The summed E-state index contributed by atoms with van der Waals surface area (Å²) < 4.78 is 26.0. The third-order valence-corrected chi connectivity index (χ3v) is 4.16. The van der Waals surface area contributed by atoms with Crippen molar-refractivity contribution in [1.82, 2.24) is 0 Å². The summed E-state index contributed by atoms with van der Waals surface area (Å²) in [5, 5.41) is 0. The second-order valence-corrected chi connectivity index (χ2v) is 6.20. The Morgan fingerprint density at radius 3 is 2.36 bits per heavy atom. The van der Waals surface area contributed by atoms with Gasteiger partial charge in [0, 0.05) is 0 Å². The maximum atomic E-state index is 11.0. The first-order valence-electron chi connectivity index (χ1n) is 5.09. The third kappa shape index (κ3) is 3.55. The van der Waals surface area contributed by atoms with E-state index in [9.17, 15) is 8.42 Å². The van der Waals surface area contributed by atoms with Crippen LogP contribution in [-0.4, -0.2) is 14.2 Å². The molecular weight excluding hydrogens is 202 g/mol. The lowest BCUT2D eigenvalue weighted by molar-refractivity contribution is 0.206. The molecule has 0 spiro atoms. The molecule has 4 nitrogen and oxygen atoms in total. The molecule has 1 rings (SSSR count). The van der Waals surface area contributed by atoms with E-state index in [1.54, 1.807) is 0 Å².